The quantitative estimate of drug-likeness (QED) is 0.0640. The summed E-state index contributed by atoms with van der Waals surface area (Å²) in [6, 6.07) is 17.3. The lowest BCUT2D eigenvalue weighted by Crippen LogP contribution is -2.39. The smallest absolute Gasteiger partial charge is 0.100 e. The van der Waals surface area contributed by atoms with Crippen molar-refractivity contribution < 1.29 is 9.47 Å². The topological polar surface area (TPSA) is 44.2 Å². The van der Waals surface area contributed by atoms with E-state index in [9.17, 15) is 0 Å². The van der Waals surface area contributed by atoms with Crippen LogP contribution in [0.25, 0.3) is 20.4 Å². The lowest BCUT2D eigenvalue weighted by atomic mass is 9.98. The van der Waals surface area contributed by atoms with Crippen molar-refractivity contribution in [1.82, 2.24) is 9.97 Å². The van der Waals surface area contributed by atoms with Gasteiger partial charge in [0, 0.05) is 23.3 Å². The molecule has 2 radical (unpaired) electrons. The summed E-state index contributed by atoms with van der Waals surface area (Å²) in [6.45, 7) is 9.76. The van der Waals surface area contributed by atoms with Crippen LogP contribution in [0.1, 0.15) is 86.1 Å². The van der Waals surface area contributed by atoms with Gasteiger partial charge in [-0.3, -0.25) is 0 Å². The Morgan fingerprint density at radius 1 is 0.638 bits per heavy atom. The highest BCUT2D eigenvalue weighted by Crippen LogP contribution is 2.45. The molecule has 47 heavy (non-hydrogen) atoms. The molecule has 4 unspecified atom stereocenters. The third-order valence-corrected chi connectivity index (χ3v) is 19.5. The first-order valence-electron chi connectivity index (χ1n) is 17.5. The van der Waals surface area contributed by atoms with Gasteiger partial charge in [-0.1, -0.05) is 111 Å². The molecule has 4 atom stereocenters. The molecule has 0 N–H and O–H groups in total. The standard InChI is InChI=1S/C36H50N2O2S5Si2/c1-46(2)35(39-25-15-7-5-8-16-25)27(33-37-29-19-11-13-21-31(29)43-33)23-41-45-42-24-28(34-38-30-20-12-14-22-32(30)44-34)36(47(3)4)40-26-17-9-6-10-18-26/h11-14,19-22,25-28,35-36H,5-10,15-18,23-24H2,1-4H3. The summed E-state index contributed by atoms with van der Waals surface area (Å²) >= 11 is 3.76. The first-order chi connectivity index (χ1) is 23.0. The van der Waals surface area contributed by atoms with Crippen molar-refractivity contribution in [2.45, 2.75) is 126 Å². The van der Waals surface area contributed by atoms with E-state index >= 15 is 0 Å². The summed E-state index contributed by atoms with van der Waals surface area (Å²) in [6.07, 6.45) is 13.6. The van der Waals surface area contributed by atoms with Crippen LogP contribution in [0.5, 0.6) is 0 Å². The number of hydrogen-bond acceptors (Lipinski definition) is 9. The van der Waals surface area contributed by atoms with E-state index in [4.69, 9.17) is 19.4 Å². The fourth-order valence-corrected chi connectivity index (χ4v) is 17.2. The highest BCUT2D eigenvalue weighted by Gasteiger charge is 2.35. The van der Waals surface area contributed by atoms with Gasteiger partial charge in [0.2, 0.25) is 0 Å². The maximum Gasteiger partial charge on any atom is 0.100 e. The maximum absolute atomic E-state index is 7.04. The Hall–Kier alpha value is -0.376. The highest BCUT2D eigenvalue weighted by atomic mass is 33.5. The summed E-state index contributed by atoms with van der Waals surface area (Å²) in [5.41, 5.74) is 2.80. The molecule has 0 saturated heterocycles. The summed E-state index contributed by atoms with van der Waals surface area (Å²) < 4.78 is 16.7. The zero-order valence-corrected chi connectivity index (χ0v) is 34.4. The van der Waals surface area contributed by atoms with Crippen LogP contribution in [0, 0.1) is 0 Å². The molecule has 2 aromatic heterocycles. The Morgan fingerprint density at radius 3 is 1.43 bits per heavy atom. The van der Waals surface area contributed by atoms with Crippen LogP contribution >= 0.6 is 54.1 Å². The van der Waals surface area contributed by atoms with Crippen molar-refractivity contribution in [3.8, 4) is 0 Å². The fraction of sp³-hybridized carbons (Fsp3) is 0.611. The largest absolute Gasteiger partial charge is 0.378 e. The monoisotopic (exact) mass is 758 g/mol. The minimum atomic E-state index is -0.698. The van der Waals surface area contributed by atoms with Gasteiger partial charge in [-0.2, -0.15) is 0 Å². The van der Waals surface area contributed by atoms with Gasteiger partial charge in [0.05, 0.1) is 61.7 Å². The molecule has 0 bridgehead atoms. The molecule has 2 aromatic carbocycles. The van der Waals surface area contributed by atoms with Gasteiger partial charge in [0.25, 0.3) is 0 Å². The first-order valence-corrected chi connectivity index (χ1v) is 28.1. The van der Waals surface area contributed by atoms with Gasteiger partial charge in [-0.15, -0.1) is 22.7 Å². The van der Waals surface area contributed by atoms with Gasteiger partial charge >= 0.3 is 0 Å². The Labute approximate surface area is 305 Å². The van der Waals surface area contributed by atoms with Crippen LogP contribution in [-0.2, 0) is 9.47 Å². The molecule has 2 heterocycles. The van der Waals surface area contributed by atoms with E-state index in [0.717, 1.165) is 22.5 Å². The number of thiazole rings is 2. The van der Waals surface area contributed by atoms with Crippen molar-refractivity contribution >= 4 is 92.1 Å². The number of fused-ring (bicyclic) bond motifs is 2. The second kappa shape index (κ2) is 18.2. The number of ether oxygens (including phenoxy) is 2. The first kappa shape index (κ1) is 36.4. The Morgan fingerprint density at radius 2 is 1.04 bits per heavy atom. The predicted octanol–water partition coefficient (Wildman–Crippen LogP) is 11.8. The van der Waals surface area contributed by atoms with Crippen LogP contribution in [0.15, 0.2) is 48.5 Å². The van der Waals surface area contributed by atoms with Crippen LogP contribution in [-0.4, -0.2) is 62.7 Å². The molecule has 2 aliphatic rings. The van der Waals surface area contributed by atoms with Crippen LogP contribution in [0.4, 0.5) is 0 Å². The number of nitrogens with zero attached hydrogens (tertiary/aromatic N) is 2. The van der Waals surface area contributed by atoms with Crippen molar-refractivity contribution in [3.63, 3.8) is 0 Å². The van der Waals surface area contributed by atoms with E-state index in [1.165, 1.54) is 83.6 Å². The second-order valence-electron chi connectivity index (χ2n) is 13.7. The van der Waals surface area contributed by atoms with Gasteiger partial charge in [-0.05, 0) is 59.8 Å². The van der Waals surface area contributed by atoms with Crippen LogP contribution in [0.3, 0.4) is 0 Å². The maximum atomic E-state index is 7.04. The van der Waals surface area contributed by atoms with Gasteiger partial charge in [-0.25, -0.2) is 9.97 Å². The molecule has 11 heteroatoms. The second-order valence-corrected chi connectivity index (χ2v) is 25.6. The minimum absolute atomic E-state index is 0.274. The van der Waals surface area contributed by atoms with Crippen molar-refractivity contribution in [2.24, 2.45) is 0 Å². The van der Waals surface area contributed by atoms with Crippen molar-refractivity contribution in [3.05, 3.63) is 58.5 Å². The third-order valence-electron chi connectivity index (χ3n) is 9.50. The van der Waals surface area contributed by atoms with E-state index < -0.39 is 17.6 Å². The molecule has 2 fully saturated rings. The number of rotatable bonds is 16. The minimum Gasteiger partial charge on any atom is -0.378 e. The number of hydrogen-bond donors (Lipinski definition) is 0. The zero-order chi connectivity index (χ0) is 32.6. The molecule has 2 aliphatic carbocycles. The van der Waals surface area contributed by atoms with Crippen molar-refractivity contribution in [1.29, 1.82) is 0 Å². The molecule has 6 rings (SSSR count). The lowest BCUT2D eigenvalue weighted by molar-refractivity contribution is -0.00320. The molecule has 4 aromatic rings. The molecule has 0 amide bonds. The fourth-order valence-electron chi connectivity index (χ4n) is 6.99. The molecular weight excluding hydrogens is 709 g/mol. The number of para-hydroxylation sites is 2. The summed E-state index contributed by atoms with van der Waals surface area (Å²) in [5.74, 6) is 2.68. The summed E-state index contributed by atoms with van der Waals surface area (Å²) in [4.78, 5) is 10.4. The van der Waals surface area contributed by atoms with E-state index in [0.29, 0.717) is 24.0 Å². The predicted molar refractivity (Wildman–Crippen MR) is 216 cm³/mol. The van der Waals surface area contributed by atoms with Gasteiger partial charge in [0.1, 0.15) is 10.0 Å². The SMILES string of the molecule is C[Si](C)C(OC1CCCCC1)C(CSSSCC(c1nc2ccccc2s1)C(OC1CCCCC1)[Si](C)C)c1nc2ccccc2s1. The molecule has 254 valence electrons. The molecule has 0 spiro atoms. The number of benzene rings is 2. The third kappa shape index (κ3) is 9.91. The average molecular weight is 759 g/mol. The average Bonchev–Trinajstić information content (AvgIpc) is 3.72. The normalized spacial score (nSPS) is 19.5. The van der Waals surface area contributed by atoms with Crippen LogP contribution in [0.2, 0.25) is 26.2 Å². The van der Waals surface area contributed by atoms with Crippen molar-refractivity contribution in [2.75, 3.05) is 11.5 Å². The van der Waals surface area contributed by atoms with Gasteiger partial charge < -0.3 is 9.47 Å². The van der Waals surface area contributed by atoms with E-state index in [1.54, 1.807) is 0 Å². The summed E-state index contributed by atoms with van der Waals surface area (Å²) in [5, 5.41) is 2.52. The Kier molecular flexibility index (Phi) is 14.1. The lowest BCUT2D eigenvalue weighted by Gasteiger charge is -2.34. The Bertz CT molecular complexity index is 1340. The highest BCUT2D eigenvalue weighted by molar-refractivity contribution is 9.09. The summed E-state index contributed by atoms with van der Waals surface area (Å²) in [7, 11) is 4.58. The molecular formula is C36H50N2O2S5Si2. The molecule has 4 nitrogen and oxygen atoms in total. The van der Waals surface area contributed by atoms with Gasteiger partial charge in [0.15, 0.2) is 0 Å². The van der Waals surface area contributed by atoms with E-state index in [2.05, 4.69) is 74.7 Å². The van der Waals surface area contributed by atoms with Crippen LogP contribution < -0.4 is 0 Å². The Balaban J connectivity index is 1.16. The number of aromatic nitrogens is 2. The van der Waals surface area contributed by atoms with E-state index in [1.807, 2.05) is 54.1 Å². The molecule has 2 saturated carbocycles. The zero-order valence-electron chi connectivity index (χ0n) is 28.3. The molecule has 0 aliphatic heterocycles. The van der Waals surface area contributed by atoms with E-state index in [-0.39, 0.29) is 11.5 Å².